The second-order valence-electron chi connectivity index (χ2n) is 5.31. The van der Waals surface area contributed by atoms with E-state index in [9.17, 15) is 13.2 Å². The molecule has 1 amide bonds. The lowest BCUT2D eigenvalue weighted by molar-refractivity contribution is 0.101. The highest BCUT2D eigenvalue weighted by atomic mass is 32.2. The first kappa shape index (κ1) is 17.1. The van der Waals surface area contributed by atoms with Crippen molar-refractivity contribution in [3.05, 3.63) is 48.3 Å². The lowest BCUT2D eigenvalue weighted by Gasteiger charge is -2.09. The van der Waals surface area contributed by atoms with Crippen molar-refractivity contribution < 1.29 is 13.2 Å². The number of rotatable bonds is 7. The zero-order valence-corrected chi connectivity index (χ0v) is 14.1. The molecule has 23 heavy (non-hydrogen) atoms. The summed E-state index contributed by atoms with van der Waals surface area (Å²) in [6, 6.07) is 10.1. The van der Waals surface area contributed by atoms with Gasteiger partial charge in [0.05, 0.1) is 5.75 Å². The molecular weight excluding hydrogens is 314 g/mol. The predicted octanol–water partition coefficient (Wildman–Crippen LogP) is 2.82. The van der Waals surface area contributed by atoms with Gasteiger partial charge in [0, 0.05) is 24.6 Å². The molecule has 0 atom stereocenters. The minimum atomic E-state index is -3.31. The zero-order valence-electron chi connectivity index (χ0n) is 13.2. The number of aryl methyl sites for hydroxylation is 1. The van der Waals surface area contributed by atoms with Crippen LogP contribution in [0.5, 0.6) is 0 Å². The first-order chi connectivity index (χ1) is 10.9. The summed E-state index contributed by atoms with van der Waals surface area (Å²) in [5.74, 6) is -0.107. The van der Waals surface area contributed by atoms with E-state index in [0.29, 0.717) is 23.5 Å². The van der Waals surface area contributed by atoms with Crippen molar-refractivity contribution in [2.24, 2.45) is 7.05 Å². The van der Waals surface area contributed by atoms with Gasteiger partial charge in [-0.05, 0) is 42.8 Å². The van der Waals surface area contributed by atoms with E-state index >= 15 is 0 Å². The summed E-state index contributed by atoms with van der Waals surface area (Å²) in [7, 11) is -1.52. The van der Waals surface area contributed by atoms with Crippen LogP contribution in [0.25, 0.3) is 0 Å². The number of unbranched alkanes of at least 4 members (excludes halogenated alkanes) is 1. The summed E-state index contributed by atoms with van der Waals surface area (Å²) in [4.78, 5) is 12.1. The number of benzene rings is 1. The fourth-order valence-electron chi connectivity index (χ4n) is 2.08. The Kier molecular flexibility index (Phi) is 5.44. The Bertz CT molecular complexity index is 764. The molecule has 7 heteroatoms. The maximum absolute atomic E-state index is 12.1. The zero-order chi connectivity index (χ0) is 16.9. The Morgan fingerprint density at radius 2 is 1.78 bits per heavy atom. The van der Waals surface area contributed by atoms with Crippen molar-refractivity contribution in [3.63, 3.8) is 0 Å². The Balaban J connectivity index is 2.00. The van der Waals surface area contributed by atoms with Gasteiger partial charge in [-0.3, -0.25) is 9.52 Å². The first-order valence-electron chi connectivity index (χ1n) is 7.44. The number of nitrogens with one attached hydrogen (secondary N) is 2. The molecule has 0 aliphatic rings. The molecule has 1 aromatic carbocycles. The van der Waals surface area contributed by atoms with Crippen LogP contribution in [0.1, 0.15) is 30.3 Å². The highest BCUT2D eigenvalue weighted by Gasteiger charge is 2.11. The summed E-state index contributed by atoms with van der Waals surface area (Å²) in [5.41, 5.74) is 1.64. The molecule has 0 radical (unpaired) electrons. The first-order valence-corrected chi connectivity index (χ1v) is 9.10. The minimum Gasteiger partial charge on any atom is -0.347 e. The van der Waals surface area contributed by atoms with Crippen molar-refractivity contribution >= 4 is 27.3 Å². The van der Waals surface area contributed by atoms with Gasteiger partial charge in [0.25, 0.3) is 5.91 Å². The molecule has 0 aliphatic heterocycles. The van der Waals surface area contributed by atoms with Crippen LogP contribution in [-0.2, 0) is 17.1 Å². The van der Waals surface area contributed by atoms with E-state index in [1.807, 2.05) is 6.92 Å². The molecule has 0 unspecified atom stereocenters. The van der Waals surface area contributed by atoms with E-state index in [2.05, 4.69) is 10.0 Å². The fourth-order valence-corrected chi connectivity index (χ4v) is 3.34. The van der Waals surface area contributed by atoms with Crippen molar-refractivity contribution in [2.75, 3.05) is 15.8 Å². The number of anilines is 2. The number of sulfonamides is 1. The van der Waals surface area contributed by atoms with Gasteiger partial charge < -0.3 is 9.88 Å². The molecule has 6 nitrogen and oxygen atoms in total. The second-order valence-corrected chi connectivity index (χ2v) is 7.15. The lowest BCUT2D eigenvalue weighted by Crippen LogP contribution is -2.17. The van der Waals surface area contributed by atoms with E-state index in [-0.39, 0.29) is 11.7 Å². The minimum absolute atomic E-state index is 0.107. The van der Waals surface area contributed by atoms with Gasteiger partial charge in [0.2, 0.25) is 10.0 Å². The Hall–Kier alpha value is -2.28. The average molecular weight is 335 g/mol. The largest absolute Gasteiger partial charge is 0.347 e. The number of amides is 1. The average Bonchev–Trinajstić information content (AvgIpc) is 2.93. The van der Waals surface area contributed by atoms with Crippen LogP contribution in [0.2, 0.25) is 0 Å². The van der Waals surface area contributed by atoms with E-state index in [1.165, 1.54) is 0 Å². The molecule has 2 aromatic rings. The third kappa shape index (κ3) is 4.85. The highest BCUT2D eigenvalue weighted by molar-refractivity contribution is 7.92. The van der Waals surface area contributed by atoms with Crippen LogP contribution in [0.3, 0.4) is 0 Å². The molecule has 1 heterocycles. The summed E-state index contributed by atoms with van der Waals surface area (Å²) in [6.45, 7) is 1.94. The number of hydrogen-bond donors (Lipinski definition) is 2. The van der Waals surface area contributed by atoms with E-state index in [1.54, 1.807) is 54.2 Å². The maximum Gasteiger partial charge on any atom is 0.272 e. The Morgan fingerprint density at radius 3 is 2.35 bits per heavy atom. The molecule has 0 spiro atoms. The molecule has 2 N–H and O–H groups in total. The fraction of sp³-hybridized carbons (Fsp3) is 0.312. The monoisotopic (exact) mass is 335 g/mol. The second kappa shape index (κ2) is 7.32. The normalized spacial score (nSPS) is 11.2. The van der Waals surface area contributed by atoms with Crippen LogP contribution < -0.4 is 10.0 Å². The van der Waals surface area contributed by atoms with Gasteiger partial charge >= 0.3 is 0 Å². The smallest absolute Gasteiger partial charge is 0.272 e. The summed E-state index contributed by atoms with van der Waals surface area (Å²) < 4.78 is 27.9. The van der Waals surface area contributed by atoms with Crippen LogP contribution in [0.15, 0.2) is 42.6 Å². The third-order valence-electron chi connectivity index (χ3n) is 3.36. The van der Waals surface area contributed by atoms with Crippen molar-refractivity contribution in [1.29, 1.82) is 0 Å². The summed E-state index contributed by atoms with van der Waals surface area (Å²) in [6.07, 6.45) is 3.24. The number of carbonyl (C=O) groups is 1. The molecule has 0 saturated heterocycles. The number of hydrogen-bond acceptors (Lipinski definition) is 3. The van der Waals surface area contributed by atoms with Gasteiger partial charge in [0.15, 0.2) is 0 Å². The third-order valence-corrected chi connectivity index (χ3v) is 4.73. The molecule has 124 valence electrons. The molecular formula is C16H21N3O3S. The number of carbonyl (C=O) groups excluding carboxylic acids is 1. The predicted molar refractivity (Wildman–Crippen MR) is 92.1 cm³/mol. The molecule has 0 aliphatic carbocycles. The van der Waals surface area contributed by atoms with Crippen LogP contribution >= 0.6 is 0 Å². The van der Waals surface area contributed by atoms with Crippen molar-refractivity contribution in [2.45, 2.75) is 19.8 Å². The van der Waals surface area contributed by atoms with Gasteiger partial charge in [-0.15, -0.1) is 0 Å². The van der Waals surface area contributed by atoms with Crippen LogP contribution in [0, 0.1) is 0 Å². The Morgan fingerprint density at radius 1 is 1.13 bits per heavy atom. The van der Waals surface area contributed by atoms with Gasteiger partial charge in [-0.2, -0.15) is 0 Å². The molecule has 0 saturated carbocycles. The highest BCUT2D eigenvalue weighted by Crippen LogP contribution is 2.16. The van der Waals surface area contributed by atoms with Crippen molar-refractivity contribution in [1.82, 2.24) is 4.57 Å². The summed E-state index contributed by atoms with van der Waals surface area (Å²) in [5, 5.41) is 2.77. The lowest BCUT2D eigenvalue weighted by atomic mass is 10.3. The number of nitrogens with zero attached hydrogens (tertiary/aromatic N) is 1. The maximum atomic E-state index is 12.1. The van der Waals surface area contributed by atoms with Gasteiger partial charge in [0.1, 0.15) is 5.69 Å². The molecule has 2 rings (SSSR count). The van der Waals surface area contributed by atoms with E-state index in [0.717, 1.165) is 6.42 Å². The quantitative estimate of drug-likeness (QED) is 0.816. The molecule has 0 fully saturated rings. The van der Waals surface area contributed by atoms with E-state index < -0.39 is 10.0 Å². The SMILES string of the molecule is CCCCS(=O)(=O)Nc1ccc(NC(=O)c2cccn2C)cc1. The Labute approximate surface area is 136 Å². The molecule has 1 aromatic heterocycles. The molecule has 0 bridgehead atoms. The van der Waals surface area contributed by atoms with Gasteiger partial charge in [-0.25, -0.2) is 8.42 Å². The number of aromatic nitrogens is 1. The van der Waals surface area contributed by atoms with E-state index in [4.69, 9.17) is 0 Å². The summed E-state index contributed by atoms with van der Waals surface area (Å²) >= 11 is 0. The van der Waals surface area contributed by atoms with Gasteiger partial charge in [-0.1, -0.05) is 13.3 Å². The standard InChI is InChI=1S/C16H21N3O3S/c1-3-4-12-23(21,22)18-14-9-7-13(8-10-14)17-16(20)15-6-5-11-19(15)2/h5-11,18H,3-4,12H2,1-2H3,(H,17,20). The van der Waals surface area contributed by atoms with Crippen molar-refractivity contribution in [3.8, 4) is 0 Å². The van der Waals surface area contributed by atoms with Crippen LogP contribution in [-0.4, -0.2) is 24.6 Å². The van der Waals surface area contributed by atoms with Crippen LogP contribution in [0.4, 0.5) is 11.4 Å². The topological polar surface area (TPSA) is 80.2 Å².